The summed E-state index contributed by atoms with van der Waals surface area (Å²) in [6.45, 7) is 3.25. The lowest BCUT2D eigenvalue weighted by Crippen LogP contribution is -2.57. The number of nitrogens with zero attached hydrogens (tertiary/aromatic N) is 1. The largest absolute Gasteiger partial charge is 0.490 e. The van der Waals surface area contributed by atoms with E-state index in [9.17, 15) is 21.2 Å². The van der Waals surface area contributed by atoms with Crippen LogP contribution in [0.3, 0.4) is 0 Å². The van der Waals surface area contributed by atoms with Crippen molar-refractivity contribution in [3.63, 3.8) is 0 Å². The van der Waals surface area contributed by atoms with Crippen molar-refractivity contribution in [2.75, 3.05) is 38.8 Å². The molecule has 1 fully saturated rings. The minimum absolute atomic E-state index is 0.0238. The second kappa shape index (κ2) is 10.3. The Morgan fingerprint density at radius 3 is 2.32 bits per heavy atom. The van der Waals surface area contributed by atoms with Crippen molar-refractivity contribution in [2.45, 2.75) is 48.0 Å². The number of rotatable bonds is 8. The Hall–Kier alpha value is -1.79. The molecule has 4 rings (SSSR count). The summed E-state index contributed by atoms with van der Waals surface area (Å²) in [6, 6.07) is 7.27. The van der Waals surface area contributed by atoms with E-state index in [0.29, 0.717) is 5.02 Å². The van der Waals surface area contributed by atoms with Crippen LogP contribution in [0, 0.1) is 17.6 Å². The highest BCUT2D eigenvalue weighted by molar-refractivity contribution is 7.92. The van der Waals surface area contributed by atoms with Crippen LogP contribution in [0.2, 0.25) is 5.02 Å². The maximum absolute atomic E-state index is 15.5. The van der Waals surface area contributed by atoms with Gasteiger partial charge in [-0.1, -0.05) is 11.6 Å². The van der Waals surface area contributed by atoms with E-state index in [4.69, 9.17) is 21.1 Å². The number of benzene rings is 2. The lowest BCUT2D eigenvalue weighted by molar-refractivity contribution is -0.0732. The molecule has 2 aliphatic rings. The molecule has 2 aliphatic heterocycles. The minimum Gasteiger partial charge on any atom is -0.490 e. The normalized spacial score (nSPS) is 24.0. The maximum atomic E-state index is 15.5. The third kappa shape index (κ3) is 5.08. The highest BCUT2D eigenvalue weighted by Gasteiger charge is 2.61. The topological polar surface area (TPSA) is 90.0 Å². The SMILES string of the molecule is CN(C)C(C)(C)CS(=O)(=O)CC[C@@H]1OCC[C@@]2(S(=O)(=O)c3ccc(Cl)cc3)c3c(F)ccc(F)c3OC[C@@H]12. The van der Waals surface area contributed by atoms with Crippen LogP contribution in [-0.4, -0.2) is 72.2 Å². The number of hydrogen-bond acceptors (Lipinski definition) is 7. The summed E-state index contributed by atoms with van der Waals surface area (Å²) in [6.07, 6.45) is -1.07. The van der Waals surface area contributed by atoms with Crippen molar-refractivity contribution in [3.8, 4) is 5.75 Å². The summed E-state index contributed by atoms with van der Waals surface area (Å²) in [7, 11) is -4.35. The quantitative estimate of drug-likeness (QED) is 0.454. The standard InChI is InChI=1S/C26H32ClF2NO6S2/c1-25(2,30(3)4)16-37(31,32)14-11-22-19-15-36-24-21(29)10-9-20(28)23(24)26(19,12-13-35-22)38(33,34)18-7-5-17(27)6-8-18/h5-10,19,22H,11-16H2,1-4H3/t19-,22-,26-/m0/s1. The number of hydrogen-bond donors (Lipinski definition) is 0. The maximum Gasteiger partial charge on any atom is 0.189 e. The number of halogens is 3. The first-order valence-corrected chi connectivity index (χ1v) is 15.9. The molecule has 2 heterocycles. The number of ether oxygens (including phenoxy) is 2. The molecule has 0 bridgehead atoms. The first-order valence-electron chi connectivity index (χ1n) is 12.2. The predicted molar refractivity (Wildman–Crippen MR) is 141 cm³/mol. The molecule has 3 atom stereocenters. The van der Waals surface area contributed by atoms with Crippen LogP contribution in [0.25, 0.3) is 0 Å². The van der Waals surface area contributed by atoms with Gasteiger partial charge in [0.05, 0.1) is 34.7 Å². The first kappa shape index (κ1) is 29.2. The van der Waals surface area contributed by atoms with Gasteiger partial charge in [0.2, 0.25) is 0 Å². The Morgan fingerprint density at radius 2 is 1.68 bits per heavy atom. The van der Waals surface area contributed by atoms with Gasteiger partial charge in [0, 0.05) is 23.1 Å². The van der Waals surface area contributed by atoms with Crippen LogP contribution >= 0.6 is 11.6 Å². The van der Waals surface area contributed by atoms with Crippen LogP contribution < -0.4 is 4.74 Å². The molecule has 2 aromatic carbocycles. The summed E-state index contributed by atoms with van der Waals surface area (Å²) >= 11 is 5.98. The molecule has 0 N–H and O–H groups in total. The van der Waals surface area contributed by atoms with Crippen LogP contribution in [0.15, 0.2) is 41.3 Å². The van der Waals surface area contributed by atoms with Crippen molar-refractivity contribution in [3.05, 3.63) is 58.6 Å². The zero-order chi connectivity index (χ0) is 28.1. The van der Waals surface area contributed by atoms with Crippen molar-refractivity contribution in [1.29, 1.82) is 0 Å². The zero-order valence-corrected chi connectivity index (χ0v) is 24.1. The van der Waals surface area contributed by atoms with E-state index < -0.39 is 59.4 Å². The fraction of sp³-hybridized carbons (Fsp3) is 0.538. The van der Waals surface area contributed by atoms with Crippen molar-refractivity contribution >= 4 is 31.3 Å². The fourth-order valence-electron chi connectivity index (χ4n) is 5.37. The average Bonchev–Trinajstić information content (AvgIpc) is 2.84. The zero-order valence-electron chi connectivity index (χ0n) is 21.7. The Kier molecular flexibility index (Phi) is 7.92. The van der Waals surface area contributed by atoms with E-state index in [0.717, 1.165) is 12.1 Å². The number of fused-ring (bicyclic) bond motifs is 3. The minimum atomic E-state index is -4.36. The molecule has 0 aromatic heterocycles. The van der Waals surface area contributed by atoms with E-state index in [1.165, 1.54) is 24.3 Å². The molecular weight excluding hydrogens is 560 g/mol. The smallest absolute Gasteiger partial charge is 0.189 e. The van der Waals surface area contributed by atoms with E-state index in [1.807, 2.05) is 18.7 Å². The summed E-state index contributed by atoms with van der Waals surface area (Å²) in [5.41, 5.74) is -1.00. The Labute approximate surface area is 227 Å². The molecular formula is C26H32ClF2NO6S2. The molecule has 12 heteroatoms. The summed E-state index contributed by atoms with van der Waals surface area (Å²) in [5, 5.41) is 0.318. The van der Waals surface area contributed by atoms with Gasteiger partial charge < -0.3 is 14.4 Å². The molecule has 0 spiro atoms. The van der Waals surface area contributed by atoms with Gasteiger partial charge in [-0.3, -0.25) is 0 Å². The molecule has 0 amide bonds. The Balaban J connectivity index is 1.79. The van der Waals surface area contributed by atoms with Gasteiger partial charge in [-0.15, -0.1) is 0 Å². The van der Waals surface area contributed by atoms with E-state index in [1.54, 1.807) is 14.1 Å². The van der Waals surface area contributed by atoms with Crippen LogP contribution in [-0.2, 0) is 29.2 Å². The molecule has 7 nitrogen and oxygen atoms in total. The third-order valence-corrected chi connectivity index (χ3v) is 12.7. The van der Waals surface area contributed by atoms with E-state index in [-0.39, 0.29) is 48.0 Å². The van der Waals surface area contributed by atoms with Gasteiger partial charge in [0.25, 0.3) is 0 Å². The van der Waals surface area contributed by atoms with E-state index in [2.05, 4.69) is 0 Å². The van der Waals surface area contributed by atoms with Crippen molar-refractivity contribution in [2.24, 2.45) is 5.92 Å². The van der Waals surface area contributed by atoms with Crippen LogP contribution in [0.5, 0.6) is 5.75 Å². The van der Waals surface area contributed by atoms with Crippen LogP contribution in [0.1, 0.15) is 32.3 Å². The van der Waals surface area contributed by atoms with Gasteiger partial charge in [-0.05, 0) is 77.2 Å². The summed E-state index contributed by atoms with van der Waals surface area (Å²) in [5.74, 6) is -3.59. The molecule has 1 saturated heterocycles. The lowest BCUT2D eigenvalue weighted by atomic mass is 9.75. The molecule has 0 radical (unpaired) electrons. The number of sulfone groups is 2. The highest BCUT2D eigenvalue weighted by atomic mass is 35.5. The average molecular weight is 592 g/mol. The Bertz CT molecular complexity index is 1410. The summed E-state index contributed by atoms with van der Waals surface area (Å²) < 4.78 is 94.6. The van der Waals surface area contributed by atoms with E-state index >= 15 is 4.39 Å². The Morgan fingerprint density at radius 1 is 1.05 bits per heavy atom. The second-order valence-corrected chi connectivity index (χ2v) is 15.6. The monoisotopic (exact) mass is 591 g/mol. The van der Waals surface area contributed by atoms with Crippen LogP contribution in [0.4, 0.5) is 8.78 Å². The third-order valence-electron chi connectivity index (χ3n) is 7.84. The molecule has 2 aromatic rings. The summed E-state index contributed by atoms with van der Waals surface area (Å²) in [4.78, 5) is 1.71. The van der Waals surface area contributed by atoms with Crippen molar-refractivity contribution < 1.29 is 35.1 Å². The molecule has 38 heavy (non-hydrogen) atoms. The molecule has 0 aliphatic carbocycles. The second-order valence-electron chi connectivity index (χ2n) is 10.7. The lowest BCUT2D eigenvalue weighted by Gasteiger charge is -2.50. The molecule has 0 saturated carbocycles. The fourth-order valence-corrected chi connectivity index (χ4v) is 9.91. The highest BCUT2D eigenvalue weighted by Crippen LogP contribution is 2.56. The predicted octanol–water partition coefficient (Wildman–Crippen LogP) is 4.23. The molecule has 0 unspecified atom stereocenters. The molecule has 210 valence electrons. The van der Waals surface area contributed by atoms with Gasteiger partial charge >= 0.3 is 0 Å². The van der Waals surface area contributed by atoms with Crippen molar-refractivity contribution in [1.82, 2.24) is 4.90 Å². The first-order chi connectivity index (χ1) is 17.6. The van der Waals surface area contributed by atoms with Gasteiger partial charge in [-0.2, -0.15) is 0 Å². The van der Waals surface area contributed by atoms with Gasteiger partial charge in [0.15, 0.2) is 31.2 Å². The van der Waals surface area contributed by atoms with Gasteiger partial charge in [-0.25, -0.2) is 25.6 Å². The van der Waals surface area contributed by atoms with Gasteiger partial charge in [0.1, 0.15) is 10.6 Å².